The Labute approximate surface area is 232 Å². The van der Waals surface area contributed by atoms with Crippen molar-refractivity contribution in [3.05, 3.63) is 92.9 Å². The van der Waals surface area contributed by atoms with E-state index in [0.29, 0.717) is 23.0 Å². The Kier molecular flexibility index (Phi) is 8.90. The number of ether oxygens (including phenoxy) is 1. The number of halogens is 2. The molecule has 3 heterocycles. The zero-order valence-electron chi connectivity index (χ0n) is 22.5. The molecule has 0 aliphatic carbocycles. The summed E-state index contributed by atoms with van der Waals surface area (Å²) in [4.78, 5) is 20.6. The lowest BCUT2D eigenvalue weighted by molar-refractivity contribution is 0.153. The molecule has 40 heavy (non-hydrogen) atoms. The minimum atomic E-state index is -0.665. The largest absolute Gasteiger partial charge is 0.502 e. The van der Waals surface area contributed by atoms with E-state index in [-0.39, 0.29) is 18.7 Å². The highest BCUT2D eigenvalue weighted by Gasteiger charge is 2.36. The Morgan fingerprint density at radius 1 is 1.15 bits per heavy atom. The summed E-state index contributed by atoms with van der Waals surface area (Å²) < 4.78 is 33.9. The van der Waals surface area contributed by atoms with Crippen molar-refractivity contribution in [1.29, 1.82) is 0 Å². The minimum absolute atomic E-state index is 0.0998. The molecule has 210 valence electrons. The van der Waals surface area contributed by atoms with Gasteiger partial charge in [-0.25, -0.2) is 13.8 Å². The van der Waals surface area contributed by atoms with Gasteiger partial charge in [-0.15, -0.1) is 0 Å². The van der Waals surface area contributed by atoms with Gasteiger partial charge in [0, 0.05) is 67.5 Å². The number of aromatic amines is 1. The number of aromatic hydroxyl groups is 1. The lowest BCUT2D eigenvalue weighted by Gasteiger charge is -2.21. The summed E-state index contributed by atoms with van der Waals surface area (Å²) in [6, 6.07) is 12.5. The number of H-pyrrole nitrogens is 1. The highest BCUT2D eigenvalue weighted by atomic mass is 19.1. The molecule has 2 fully saturated rings. The third-order valence-corrected chi connectivity index (χ3v) is 7.76. The molecule has 2 unspecified atom stereocenters. The van der Waals surface area contributed by atoms with Gasteiger partial charge in [0.15, 0.2) is 0 Å². The molecule has 0 radical (unpaired) electrons. The van der Waals surface area contributed by atoms with Gasteiger partial charge in [0.05, 0.1) is 25.2 Å². The Balaban J connectivity index is 1.26. The average molecular weight is 549 g/mol. The molecule has 0 spiro atoms. The molecule has 9 heteroatoms. The fraction of sp³-hybridized carbons (Fsp3) is 0.419. The van der Waals surface area contributed by atoms with Crippen LogP contribution in [0.2, 0.25) is 0 Å². The maximum Gasteiger partial charge on any atom is 0.293 e. The van der Waals surface area contributed by atoms with Crippen molar-refractivity contribution in [2.24, 2.45) is 11.8 Å². The van der Waals surface area contributed by atoms with Crippen LogP contribution in [-0.2, 0) is 17.7 Å². The Morgan fingerprint density at radius 3 is 2.55 bits per heavy atom. The van der Waals surface area contributed by atoms with Crippen molar-refractivity contribution in [2.45, 2.75) is 31.8 Å². The first kappa shape index (κ1) is 28.0. The Hall–Kier alpha value is -3.58. The molecule has 0 saturated carbocycles. The summed E-state index contributed by atoms with van der Waals surface area (Å²) in [5.74, 6) is 6.00. The average Bonchev–Trinajstić information content (AvgIpc) is 3.55. The molecule has 0 bridgehead atoms. The highest BCUT2D eigenvalue weighted by Crippen LogP contribution is 2.30. The van der Waals surface area contributed by atoms with E-state index >= 15 is 4.39 Å². The number of hydrogen-bond acceptors (Lipinski definition) is 6. The van der Waals surface area contributed by atoms with Gasteiger partial charge >= 0.3 is 0 Å². The third kappa shape index (κ3) is 6.76. The van der Waals surface area contributed by atoms with Gasteiger partial charge in [0.25, 0.3) is 5.56 Å². The lowest BCUT2D eigenvalue weighted by atomic mass is 9.92. The van der Waals surface area contributed by atoms with E-state index in [4.69, 9.17) is 4.74 Å². The predicted molar refractivity (Wildman–Crippen MR) is 148 cm³/mol. The quantitative estimate of drug-likeness (QED) is 0.356. The van der Waals surface area contributed by atoms with Crippen LogP contribution in [0.3, 0.4) is 0 Å². The number of aromatic nitrogens is 2. The maximum absolute atomic E-state index is 15.3. The third-order valence-electron chi connectivity index (χ3n) is 7.76. The molecule has 7 nitrogen and oxygen atoms in total. The fourth-order valence-electron chi connectivity index (χ4n) is 5.45. The van der Waals surface area contributed by atoms with Crippen molar-refractivity contribution in [3.63, 3.8) is 0 Å². The second-order valence-electron chi connectivity index (χ2n) is 10.8. The summed E-state index contributed by atoms with van der Waals surface area (Å²) in [6.45, 7) is 6.19. The SMILES string of the molecule is C[C@@H](CF)NC[C@@H](Cc1nc[nH]c(=O)c1O)c1ccc(C#Cc2ccc(CN3CC4COCC4C3)cc2)cc1F. The van der Waals surface area contributed by atoms with Crippen LogP contribution >= 0.6 is 0 Å². The van der Waals surface area contributed by atoms with E-state index in [1.54, 1.807) is 19.1 Å². The van der Waals surface area contributed by atoms with E-state index in [1.165, 1.54) is 18.0 Å². The molecular formula is C31H34F2N4O3. The monoisotopic (exact) mass is 548 g/mol. The molecule has 1 aromatic heterocycles. The molecular weight excluding hydrogens is 514 g/mol. The van der Waals surface area contributed by atoms with E-state index < -0.39 is 35.8 Å². The number of likely N-dealkylation sites (tertiary alicyclic amines) is 1. The summed E-state index contributed by atoms with van der Waals surface area (Å²) in [5.41, 5.74) is 2.46. The van der Waals surface area contributed by atoms with E-state index in [0.717, 1.165) is 38.4 Å². The van der Waals surface area contributed by atoms with Crippen molar-refractivity contribution in [3.8, 4) is 17.6 Å². The van der Waals surface area contributed by atoms with Gasteiger partial charge in [0.1, 0.15) is 12.5 Å². The number of nitrogens with zero attached hydrogens (tertiary/aromatic N) is 2. The minimum Gasteiger partial charge on any atom is -0.502 e. The molecule has 2 aliphatic heterocycles. The van der Waals surface area contributed by atoms with Gasteiger partial charge < -0.3 is 20.1 Å². The molecule has 3 N–H and O–H groups in total. The van der Waals surface area contributed by atoms with Crippen LogP contribution in [0.1, 0.15) is 40.8 Å². The van der Waals surface area contributed by atoms with Gasteiger partial charge in [-0.1, -0.05) is 30.0 Å². The fourth-order valence-corrected chi connectivity index (χ4v) is 5.45. The van der Waals surface area contributed by atoms with Gasteiger partial charge in [-0.2, -0.15) is 0 Å². The van der Waals surface area contributed by atoms with Gasteiger partial charge in [0.2, 0.25) is 5.75 Å². The van der Waals surface area contributed by atoms with Crippen LogP contribution in [0.5, 0.6) is 5.75 Å². The van der Waals surface area contributed by atoms with Crippen molar-refractivity contribution in [1.82, 2.24) is 20.2 Å². The first-order valence-electron chi connectivity index (χ1n) is 13.6. The highest BCUT2D eigenvalue weighted by molar-refractivity contribution is 5.45. The number of rotatable bonds is 9. The molecule has 2 saturated heterocycles. The summed E-state index contributed by atoms with van der Waals surface area (Å²) in [5, 5.41) is 13.2. The van der Waals surface area contributed by atoms with Crippen molar-refractivity contribution < 1.29 is 18.6 Å². The normalized spacial score (nSPS) is 20.1. The van der Waals surface area contributed by atoms with Gasteiger partial charge in [-0.3, -0.25) is 9.69 Å². The Morgan fingerprint density at radius 2 is 1.85 bits per heavy atom. The van der Waals surface area contributed by atoms with Crippen molar-refractivity contribution >= 4 is 0 Å². The van der Waals surface area contributed by atoms with Crippen LogP contribution in [0.4, 0.5) is 8.78 Å². The maximum atomic E-state index is 15.3. The number of alkyl halides is 1. The molecule has 5 rings (SSSR count). The van der Waals surface area contributed by atoms with E-state index in [9.17, 15) is 14.3 Å². The topological polar surface area (TPSA) is 90.5 Å². The molecule has 2 aliphatic rings. The zero-order chi connectivity index (χ0) is 28.1. The van der Waals surface area contributed by atoms with Crippen LogP contribution in [0, 0.1) is 29.5 Å². The summed E-state index contributed by atoms with van der Waals surface area (Å²) >= 11 is 0. The lowest BCUT2D eigenvalue weighted by Crippen LogP contribution is -2.33. The number of nitrogens with one attached hydrogen (secondary N) is 2. The summed E-state index contributed by atoms with van der Waals surface area (Å²) in [7, 11) is 0. The second kappa shape index (κ2) is 12.7. The van der Waals surface area contributed by atoms with E-state index in [2.05, 4.69) is 44.2 Å². The summed E-state index contributed by atoms with van der Waals surface area (Å²) in [6.07, 6.45) is 1.29. The van der Waals surface area contributed by atoms with Crippen LogP contribution in [-0.4, -0.2) is 65.5 Å². The number of benzene rings is 2. The van der Waals surface area contributed by atoms with Crippen LogP contribution in [0.25, 0.3) is 0 Å². The first-order chi connectivity index (χ1) is 19.4. The smallest absolute Gasteiger partial charge is 0.293 e. The molecule has 2 aromatic carbocycles. The first-order valence-corrected chi connectivity index (χ1v) is 13.6. The van der Waals surface area contributed by atoms with Crippen LogP contribution in [0.15, 0.2) is 53.6 Å². The van der Waals surface area contributed by atoms with E-state index in [1.807, 2.05) is 12.1 Å². The predicted octanol–water partition coefficient (Wildman–Crippen LogP) is 3.37. The number of fused-ring (bicyclic) bond motifs is 1. The standard InChI is InChI=1S/C31H34F2N4O3/c1-20(12-32)34-13-24(11-29-30(38)31(39)36-19-35-29)27-9-8-22(10-28(27)33)5-2-21-3-6-23(7-4-21)14-37-15-25-17-40-18-26(25)16-37/h3-4,6-10,19-20,24-26,34,38H,11-18H2,1H3,(H,35,36,39)/t20-,24+,25?,26?/m0/s1. The second-order valence-corrected chi connectivity index (χ2v) is 10.8. The zero-order valence-corrected chi connectivity index (χ0v) is 22.5. The van der Waals surface area contributed by atoms with Crippen molar-refractivity contribution in [2.75, 3.05) is 39.5 Å². The number of hydrogen-bond donors (Lipinski definition) is 3. The molecule has 3 aromatic rings. The van der Waals surface area contributed by atoms with Gasteiger partial charge in [-0.05, 0) is 42.3 Å². The Bertz CT molecular complexity index is 1420. The molecule has 0 amide bonds. The van der Waals surface area contributed by atoms with Crippen LogP contribution < -0.4 is 10.9 Å². The molecule has 4 atom stereocenters.